The Morgan fingerprint density at radius 3 is 2.57 bits per heavy atom. The van der Waals surface area contributed by atoms with Crippen LogP contribution in [0.25, 0.3) is 0 Å². The average Bonchev–Trinajstić information content (AvgIpc) is 2.44. The van der Waals surface area contributed by atoms with Crippen molar-refractivity contribution in [3.05, 3.63) is 28.3 Å². The summed E-state index contributed by atoms with van der Waals surface area (Å²) >= 11 is 0. The molecular weight excluding hydrogens is 270 g/mol. The van der Waals surface area contributed by atoms with E-state index in [0.29, 0.717) is 25.4 Å². The molecule has 0 heterocycles. The van der Waals surface area contributed by atoms with E-state index in [1.165, 1.54) is 6.07 Å². The van der Waals surface area contributed by atoms with Crippen molar-refractivity contribution < 1.29 is 9.66 Å². The van der Waals surface area contributed by atoms with Crippen molar-refractivity contribution in [1.82, 2.24) is 0 Å². The number of nitrogens with two attached hydrogens (primary N) is 1. The number of nitro groups is 1. The predicted octanol–water partition coefficient (Wildman–Crippen LogP) is 2.80. The third-order valence-corrected chi connectivity index (χ3v) is 3.22. The number of benzene rings is 1. The molecule has 0 fully saturated rings. The molecule has 0 aliphatic rings. The normalized spacial score (nSPS) is 11.3. The van der Waals surface area contributed by atoms with Crippen LogP contribution in [-0.2, 0) is 0 Å². The van der Waals surface area contributed by atoms with Crippen molar-refractivity contribution >= 4 is 11.4 Å². The minimum atomic E-state index is -0.399. The maximum Gasteiger partial charge on any atom is 0.275 e. The number of ether oxygens (including phenoxy) is 1. The van der Waals surface area contributed by atoms with Crippen LogP contribution in [0.1, 0.15) is 27.2 Å². The molecule has 0 amide bonds. The zero-order chi connectivity index (χ0) is 16.0. The molecule has 118 valence electrons. The van der Waals surface area contributed by atoms with Gasteiger partial charge in [0.25, 0.3) is 5.69 Å². The van der Waals surface area contributed by atoms with Gasteiger partial charge in [0.15, 0.2) is 0 Å². The van der Waals surface area contributed by atoms with E-state index in [1.807, 2.05) is 24.9 Å². The van der Waals surface area contributed by atoms with Gasteiger partial charge in [0, 0.05) is 31.4 Å². The smallest absolute Gasteiger partial charge is 0.275 e. The lowest BCUT2D eigenvalue weighted by atomic mass is 9.93. The van der Waals surface area contributed by atoms with Crippen LogP contribution in [0.2, 0.25) is 0 Å². The van der Waals surface area contributed by atoms with E-state index in [9.17, 15) is 10.1 Å². The molecule has 2 N–H and O–H groups in total. The van der Waals surface area contributed by atoms with Gasteiger partial charge < -0.3 is 15.4 Å². The van der Waals surface area contributed by atoms with Crippen molar-refractivity contribution in [2.24, 2.45) is 11.1 Å². The fourth-order valence-corrected chi connectivity index (χ4v) is 1.99. The number of non-ortho nitro benzene ring substituents is 1. The van der Waals surface area contributed by atoms with E-state index < -0.39 is 4.92 Å². The van der Waals surface area contributed by atoms with Crippen LogP contribution in [0.3, 0.4) is 0 Å². The van der Waals surface area contributed by atoms with E-state index in [4.69, 9.17) is 10.5 Å². The Morgan fingerprint density at radius 2 is 2.05 bits per heavy atom. The lowest BCUT2D eigenvalue weighted by Crippen LogP contribution is -2.36. The molecule has 0 aromatic heterocycles. The van der Waals surface area contributed by atoms with Gasteiger partial charge in [0.1, 0.15) is 5.75 Å². The molecule has 1 rings (SSSR count). The fraction of sp³-hybridized carbons (Fsp3) is 0.600. The number of anilines is 1. The maximum atomic E-state index is 11.1. The summed E-state index contributed by atoms with van der Waals surface area (Å²) in [4.78, 5) is 12.6. The van der Waals surface area contributed by atoms with Gasteiger partial charge in [-0.05, 0) is 18.4 Å². The molecule has 0 spiro atoms. The van der Waals surface area contributed by atoms with Crippen molar-refractivity contribution in [3.8, 4) is 5.75 Å². The highest BCUT2D eigenvalue weighted by Crippen LogP contribution is 2.29. The summed E-state index contributed by atoms with van der Waals surface area (Å²) in [7, 11) is 1.90. The van der Waals surface area contributed by atoms with E-state index >= 15 is 0 Å². The Kier molecular flexibility index (Phi) is 5.96. The monoisotopic (exact) mass is 295 g/mol. The van der Waals surface area contributed by atoms with Gasteiger partial charge in [-0.3, -0.25) is 10.1 Å². The third kappa shape index (κ3) is 5.23. The van der Waals surface area contributed by atoms with Gasteiger partial charge >= 0.3 is 0 Å². The Balaban J connectivity index is 3.04. The molecule has 0 unspecified atom stereocenters. The van der Waals surface area contributed by atoms with E-state index in [1.54, 1.807) is 6.07 Å². The van der Waals surface area contributed by atoms with Crippen LogP contribution in [0.4, 0.5) is 11.4 Å². The maximum absolute atomic E-state index is 11.1. The first-order chi connectivity index (χ1) is 9.79. The molecule has 1 aromatic rings. The second-order valence-corrected chi connectivity index (χ2v) is 6.02. The lowest BCUT2D eigenvalue weighted by molar-refractivity contribution is -0.384. The van der Waals surface area contributed by atoms with Crippen LogP contribution in [-0.4, -0.2) is 31.7 Å². The highest BCUT2D eigenvalue weighted by Gasteiger charge is 2.20. The van der Waals surface area contributed by atoms with Crippen molar-refractivity contribution in [2.45, 2.75) is 27.2 Å². The first-order valence-electron chi connectivity index (χ1n) is 7.12. The van der Waals surface area contributed by atoms with E-state index in [0.717, 1.165) is 12.1 Å². The van der Waals surface area contributed by atoms with Crippen LogP contribution >= 0.6 is 0 Å². The Bertz CT molecular complexity index is 489. The summed E-state index contributed by atoms with van der Waals surface area (Å²) in [5.74, 6) is 0.526. The van der Waals surface area contributed by atoms with Crippen LogP contribution in [0.15, 0.2) is 18.2 Å². The second kappa shape index (κ2) is 7.26. The highest BCUT2D eigenvalue weighted by atomic mass is 16.6. The van der Waals surface area contributed by atoms with Crippen molar-refractivity contribution in [3.63, 3.8) is 0 Å². The standard InChI is InChI=1S/C15H25N3O3/c1-5-6-21-14-8-12(7-13(9-14)18(19)20)17(4)11-15(2,3)10-16/h7-9H,5-6,10-11,16H2,1-4H3. The predicted molar refractivity (Wildman–Crippen MR) is 85.0 cm³/mol. The summed E-state index contributed by atoms with van der Waals surface area (Å²) < 4.78 is 5.54. The number of nitro benzene ring substituents is 1. The summed E-state index contributed by atoms with van der Waals surface area (Å²) in [5.41, 5.74) is 6.48. The topological polar surface area (TPSA) is 81.6 Å². The number of hydrogen-bond acceptors (Lipinski definition) is 5. The first-order valence-corrected chi connectivity index (χ1v) is 7.12. The lowest BCUT2D eigenvalue weighted by Gasteiger charge is -2.30. The van der Waals surface area contributed by atoms with Gasteiger partial charge in [-0.2, -0.15) is 0 Å². The van der Waals surface area contributed by atoms with Crippen LogP contribution in [0, 0.1) is 15.5 Å². The number of rotatable bonds is 8. The fourth-order valence-electron chi connectivity index (χ4n) is 1.99. The van der Waals surface area contributed by atoms with Gasteiger partial charge in [-0.25, -0.2) is 0 Å². The Morgan fingerprint density at radius 1 is 1.38 bits per heavy atom. The Hall–Kier alpha value is -1.82. The first kappa shape index (κ1) is 17.2. The SMILES string of the molecule is CCCOc1cc(N(C)CC(C)(C)CN)cc([N+](=O)[O-])c1. The summed E-state index contributed by atoms with van der Waals surface area (Å²) in [6.45, 7) is 7.92. The average molecular weight is 295 g/mol. The molecule has 0 aliphatic carbocycles. The molecule has 6 nitrogen and oxygen atoms in total. The third-order valence-electron chi connectivity index (χ3n) is 3.22. The van der Waals surface area contributed by atoms with E-state index in [-0.39, 0.29) is 11.1 Å². The highest BCUT2D eigenvalue weighted by molar-refractivity contribution is 5.57. The molecule has 0 radical (unpaired) electrons. The van der Waals surface area contributed by atoms with Gasteiger partial charge in [-0.1, -0.05) is 20.8 Å². The molecule has 0 saturated heterocycles. The number of hydrogen-bond donors (Lipinski definition) is 1. The van der Waals surface area contributed by atoms with Gasteiger partial charge in [-0.15, -0.1) is 0 Å². The molecule has 0 aliphatic heterocycles. The number of nitrogens with zero attached hydrogens (tertiary/aromatic N) is 2. The van der Waals surface area contributed by atoms with Crippen LogP contribution < -0.4 is 15.4 Å². The molecule has 0 atom stereocenters. The quantitative estimate of drug-likeness (QED) is 0.589. The second-order valence-electron chi connectivity index (χ2n) is 6.02. The molecular formula is C15H25N3O3. The molecule has 21 heavy (non-hydrogen) atoms. The molecule has 0 saturated carbocycles. The van der Waals surface area contributed by atoms with E-state index in [2.05, 4.69) is 13.8 Å². The molecule has 1 aromatic carbocycles. The zero-order valence-electron chi connectivity index (χ0n) is 13.3. The summed E-state index contributed by atoms with van der Waals surface area (Å²) in [6.07, 6.45) is 0.855. The van der Waals surface area contributed by atoms with Gasteiger partial charge in [0.2, 0.25) is 0 Å². The van der Waals surface area contributed by atoms with Crippen LogP contribution in [0.5, 0.6) is 5.75 Å². The van der Waals surface area contributed by atoms with Crippen molar-refractivity contribution in [1.29, 1.82) is 0 Å². The minimum Gasteiger partial charge on any atom is -0.493 e. The van der Waals surface area contributed by atoms with Crippen molar-refractivity contribution in [2.75, 3.05) is 31.6 Å². The van der Waals surface area contributed by atoms with Gasteiger partial charge in [0.05, 0.1) is 17.6 Å². The Labute approximate surface area is 126 Å². The minimum absolute atomic E-state index is 0.0380. The largest absolute Gasteiger partial charge is 0.493 e. The summed E-state index contributed by atoms with van der Waals surface area (Å²) in [5, 5.41) is 11.1. The zero-order valence-corrected chi connectivity index (χ0v) is 13.3. The molecule has 0 bridgehead atoms. The summed E-state index contributed by atoms with van der Waals surface area (Å²) in [6, 6.07) is 4.85. The molecule has 6 heteroatoms.